The molecule has 0 aromatic carbocycles. The summed E-state index contributed by atoms with van der Waals surface area (Å²) >= 11 is 0. The summed E-state index contributed by atoms with van der Waals surface area (Å²) in [6.07, 6.45) is 5.68. The summed E-state index contributed by atoms with van der Waals surface area (Å²) in [6.45, 7) is 1.82. The van der Waals surface area contributed by atoms with E-state index in [9.17, 15) is 59.1 Å². The molecule has 0 aliphatic rings. The predicted molar refractivity (Wildman–Crippen MR) is 238 cm³/mol. The number of hydrogen-bond donors (Lipinski definition) is 10. The number of aliphatic hydroxyl groups is 1. The molecule has 0 saturated carbocycles. The largest absolute Gasteiger partial charge is 0.503 e. The second-order valence-electron chi connectivity index (χ2n) is 15.5. The standard InChI is InChI=1S/C42H59N11O12/c1-48-16-8-27(31(54)39(48)62)35(58)44-13-20-52(21-14-45-36(59)28-9-17-49(2)40(63)32(28)55)23-24-53(22-15-46-37(60)29-10-18-50(3)41(64)33(29)56)25-26(7-5-6-12-43)47-38(61)30-11-19-51(4)42(65)34(30)57/h8-11,16-19,26,37,46,54-57,60H,5-7,12-15,20-25,43H2,1-4H3,(H,44,58)(H,45,59)(H,47,61). The van der Waals surface area contributed by atoms with Crippen molar-refractivity contribution >= 4 is 17.7 Å². The van der Waals surface area contributed by atoms with Crippen molar-refractivity contribution in [2.45, 2.75) is 31.5 Å². The highest BCUT2D eigenvalue weighted by atomic mass is 16.3. The van der Waals surface area contributed by atoms with Crippen LogP contribution < -0.4 is 49.2 Å². The maximum atomic E-state index is 13.5. The zero-order chi connectivity index (χ0) is 48.0. The SMILES string of the molecule is Cn1ccc(C(=O)NCCN(CCNC(=O)c2ccn(C)c(=O)c2O)CCN(CCNC(O)c2ccn(C)c(=O)c2O)CC(CCCCN)NC(=O)c2ccn(C)c(=O)c2O)c(O)c1=O. The van der Waals surface area contributed by atoms with Crippen molar-refractivity contribution in [3.63, 3.8) is 0 Å². The van der Waals surface area contributed by atoms with E-state index in [1.165, 1.54) is 77.2 Å². The Morgan fingerprint density at radius 2 is 1.00 bits per heavy atom. The fraction of sp³-hybridized carbons (Fsp3) is 0.452. The average molecular weight is 910 g/mol. The maximum absolute atomic E-state index is 13.5. The molecule has 0 bridgehead atoms. The highest BCUT2D eigenvalue weighted by Gasteiger charge is 2.23. The first-order chi connectivity index (χ1) is 30.9. The molecule has 0 fully saturated rings. The molecule has 354 valence electrons. The molecule has 4 aromatic rings. The van der Waals surface area contributed by atoms with Crippen LogP contribution in [0.2, 0.25) is 0 Å². The first kappa shape index (κ1) is 50.9. The number of unbranched alkanes of at least 4 members (excludes halogenated alkanes) is 1. The molecule has 4 rings (SSSR count). The number of aryl methyl sites for hydroxylation is 4. The van der Waals surface area contributed by atoms with E-state index in [0.717, 1.165) is 18.3 Å². The molecule has 2 atom stereocenters. The summed E-state index contributed by atoms with van der Waals surface area (Å²) < 4.78 is 4.52. The van der Waals surface area contributed by atoms with E-state index in [0.29, 0.717) is 25.8 Å². The number of hydrogen-bond acceptors (Lipinski definition) is 16. The van der Waals surface area contributed by atoms with Crippen LogP contribution in [0.5, 0.6) is 23.0 Å². The van der Waals surface area contributed by atoms with Gasteiger partial charge in [0.1, 0.15) is 6.23 Å². The summed E-state index contributed by atoms with van der Waals surface area (Å²) in [5.41, 5.74) is 2.10. The zero-order valence-electron chi connectivity index (χ0n) is 36.8. The number of nitrogens with one attached hydrogen (secondary N) is 4. The fourth-order valence-corrected chi connectivity index (χ4v) is 6.79. The Hall–Kier alpha value is -6.79. The molecule has 23 heteroatoms. The van der Waals surface area contributed by atoms with E-state index >= 15 is 0 Å². The molecule has 4 aromatic heterocycles. The van der Waals surface area contributed by atoms with Crippen molar-refractivity contribution in [2.75, 3.05) is 65.4 Å². The van der Waals surface area contributed by atoms with Gasteiger partial charge in [0, 0.05) is 123 Å². The molecular formula is C42H59N11O12. The van der Waals surface area contributed by atoms with Crippen molar-refractivity contribution in [1.29, 1.82) is 0 Å². The third-order valence-corrected chi connectivity index (χ3v) is 10.8. The van der Waals surface area contributed by atoms with Crippen molar-refractivity contribution in [3.8, 4) is 23.0 Å². The fourth-order valence-electron chi connectivity index (χ4n) is 6.79. The first-order valence-corrected chi connectivity index (χ1v) is 20.8. The molecule has 11 N–H and O–H groups in total. The number of nitrogens with two attached hydrogens (primary N) is 1. The lowest BCUT2D eigenvalue weighted by molar-refractivity contribution is 0.0899. The quantitative estimate of drug-likeness (QED) is 0.0252. The van der Waals surface area contributed by atoms with Crippen molar-refractivity contribution < 1.29 is 39.9 Å². The normalized spacial score (nSPS) is 12.3. The van der Waals surface area contributed by atoms with Gasteiger partial charge in [0.2, 0.25) is 0 Å². The second kappa shape index (κ2) is 23.8. The molecule has 4 heterocycles. The van der Waals surface area contributed by atoms with Gasteiger partial charge in [-0.3, -0.25) is 48.7 Å². The first-order valence-electron chi connectivity index (χ1n) is 20.8. The number of pyridine rings is 4. The Morgan fingerprint density at radius 1 is 0.585 bits per heavy atom. The number of carbonyl (C=O) groups is 3. The van der Waals surface area contributed by atoms with Gasteiger partial charge >= 0.3 is 0 Å². The lowest BCUT2D eigenvalue weighted by atomic mass is 10.1. The molecule has 0 saturated heterocycles. The Kier molecular flexibility index (Phi) is 18.6. The minimum absolute atomic E-state index is 0.0164. The van der Waals surface area contributed by atoms with E-state index in [1.807, 2.05) is 9.80 Å². The second-order valence-corrected chi connectivity index (χ2v) is 15.5. The van der Waals surface area contributed by atoms with Crippen LogP contribution in [0.15, 0.2) is 68.2 Å². The van der Waals surface area contributed by atoms with Gasteiger partial charge in [-0.05, 0) is 43.7 Å². The Morgan fingerprint density at radius 3 is 1.48 bits per heavy atom. The molecular weight excluding hydrogens is 851 g/mol. The van der Waals surface area contributed by atoms with E-state index in [1.54, 1.807) is 0 Å². The summed E-state index contributed by atoms with van der Waals surface area (Å²) in [5.74, 6) is -4.88. The van der Waals surface area contributed by atoms with Gasteiger partial charge in [-0.2, -0.15) is 0 Å². The molecule has 65 heavy (non-hydrogen) atoms. The Balaban J connectivity index is 1.57. The van der Waals surface area contributed by atoms with Gasteiger partial charge in [0.15, 0.2) is 23.0 Å². The van der Waals surface area contributed by atoms with Crippen LogP contribution in [0.3, 0.4) is 0 Å². The van der Waals surface area contributed by atoms with Gasteiger partial charge in [-0.15, -0.1) is 0 Å². The third kappa shape index (κ3) is 13.6. The van der Waals surface area contributed by atoms with Crippen LogP contribution in [-0.4, -0.2) is 143 Å². The molecule has 0 radical (unpaired) electrons. The Labute approximate surface area is 373 Å². The van der Waals surface area contributed by atoms with Gasteiger partial charge in [-0.1, -0.05) is 6.42 Å². The summed E-state index contributed by atoms with van der Waals surface area (Å²) in [4.78, 5) is 92.7. The topological polar surface area (TPSA) is 321 Å². The highest BCUT2D eigenvalue weighted by Crippen LogP contribution is 2.18. The van der Waals surface area contributed by atoms with Crippen molar-refractivity contribution in [1.82, 2.24) is 49.3 Å². The molecule has 23 nitrogen and oxygen atoms in total. The molecule has 3 amide bonds. The number of carbonyl (C=O) groups excluding carboxylic acids is 3. The number of aliphatic hydroxyl groups excluding tert-OH is 1. The summed E-state index contributed by atoms with van der Waals surface area (Å²) in [5, 5.41) is 63.7. The summed E-state index contributed by atoms with van der Waals surface area (Å²) in [7, 11) is 5.73. The molecule has 0 spiro atoms. The number of aromatic hydroxyl groups is 4. The predicted octanol–water partition coefficient (Wildman–Crippen LogP) is -2.72. The number of nitrogens with zero attached hydrogens (tertiary/aromatic N) is 6. The van der Waals surface area contributed by atoms with Gasteiger partial charge < -0.3 is 65.5 Å². The number of amides is 3. The maximum Gasteiger partial charge on any atom is 0.293 e. The van der Waals surface area contributed by atoms with Gasteiger partial charge in [0.05, 0.1) is 16.7 Å². The van der Waals surface area contributed by atoms with E-state index in [2.05, 4.69) is 21.3 Å². The van der Waals surface area contributed by atoms with E-state index in [4.69, 9.17) is 5.73 Å². The van der Waals surface area contributed by atoms with Gasteiger partial charge in [0.25, 0.3) is 40.0 Å². The van der Waals surface area contributed by atoms with Crippen molar-refractivity contribution in [2.24, 2.45) is 33.9 Å². The lowest BCUT2D eigenvalue weighted by Crippen LogP contribution is -2.49. The van der Waals surface area contributed by atoms with Crippen LogP contribution in [0.4, 0.5) is 0 Å². The van der Waals surface area contributed by atoms with E-state index < -0.39 is 75.2 Å². The van der Waals surface area contributed by atoms with E-state index in [-0.39, 0.29) is 81.2 Å². The Bertz CT molecular complexity index is 2470. The lowest BCUT2D eigenvalue weighted by Gasteiger charge is -2.31. The van der Waals surface area contributed by atoms with Crippen LogP contribution >= 0.6 is 0 Å². The number of rotatable bonds is 24. The smallest absolute Gasteiger partial charge is 0.293 e. The average Bonchev–Trinajstić information content (AvgIpc) is 3.27. The zero-order valence-corrected chi connectivity index (χ0v) is 36.8. The molecule has 0 aliphatic heterocycles. The summed E-state index contributed by atoms with van der Waals surface area (Å²) in [6, 6.07) is 4.76. The minimum atomic E-state index is -1.44. The van der Waals surface area contributed by atoms with Crippen LogP contribution in [0, 0.1) is 0 Å². The minimum Gasteiger partial charge on any atom is -0.503 e. The number of aromatic nitrogens is 4. The monoisotopic (exact) mass is 909 g/mol. The van der Waals surface area contributed by atoms with Crippen molar-refractivity contribution in [3.05, 3.63) is 113 Å². The highest BCUT2D eigenvalue weighted by molar-refractivity contribution is 5.97. The van der Waals surface area contributed by atoms with Crippen LogP contribution in [0.25, 0.3) is 0 Å². The molecule has 2 unspecified atom stereocenters. The molecule has 0 aliphatic carbocycles. The van der Waals surface area contributed by atoms with Crippen LogP contribution in [0.1, 0.15) is 62.1 Å². The van der Waals surface area contributed by atoms with Crippen LogP contribution in [-0.2, 0) is 28.2 Å². The third-order valence-electron chi connectivity index (χ3n) is 10.8. The van der Waals surface area contributed by atoms with Gasteiger partial charge in [-0.25, -0.2) is 0 Å².